The van der Waals surface area contributed by atoms with Crippen molar-refractivity contribution in [3.8, 4) is 0 Å². The molecule has 88 valence electrons. The summed E-state index contributed by atoms with van der Waals surface area (Å²) in [5.41, 5.74) is 6.34. The van der Waals surface area contributed by atoms with Crippen LogP contribution in [0.3, 0.4) is 0 Å². The van der Waals surface area contributed by atoms with Gasteiger partial charge in [0, 0.05) is 25.7 Å². The highest BCUT2D eigenvalue weighted by molar-refractivity contribution is 4.87. The van der Waals surface area contributed by atoms with Crippen molar-refractivity contribution >= 4 is 0 Å². The highest BCUT2D eigenvalue weighted by atomic mass is 15.2. The first kappa shape index (κ1) is 11.4. The molecule has 1 heterocycles. The van der Waals surface area contributed by atoms with E-state index in [1.54, 1.807) is 0 Å². The normalized spacial score (nSPS) is 32.6. The van der Waals surface area contributed by atoms with Crippen LogP contribution in [0.5, 0.6) is 0 Å². The van der Waals surface area contributed by atoms with Gasteiger partial charge in [-0.25, -0.2) is 0 Å². The second-order valence-electron chi connectivity index (χ2n) is 6.28. The Hall–Kier alpha value is -0.0800. The summed E-state index contributed by atoms with van der Waals surface area (Å²) >= 11 is 0. The van der Waals surface area contributed by atoms with E-state index in [1.807, 2.05) is 0 Å². The van der Waals surface area contributed by atoms with Gasteiger partial charge >= 0.3 is 0 Å². The van der Waals surface area contributed by atoms with Crippen LogP contribution in [0.15, 0.2) is 0 Å². The Morgan fingerprint density at radius 2 is 1.87 bits per heavy atom. The molecule has 2 fully saturated rings. The van der Waals surface area contributed by atoms with E-state index in [2.05, 4.69) is 18.7 Å². The summed E-state index contributed by atoms with van der Waals surface area (Å²) in [7, 11) is 0. The summed E-state index contributed by atoms with van der Waals surface area (Å²) in [6, 6.07) is 0.708. The van der Waals surface area contributed by atoms with Crippen molar-refractivity contribution in [2.45, 2.75) is 52.0 Å². The Morgan fingerprint density at radius 3 is 2.33 bits per heavy atom. The molecule has 2 aliphatic rings. The van der Waals surface area contributed by atoms with Gasteiger partial charge in [-0.05, 0) is 43.4 Å². The quantitative estimate of drug-likeness (QED) is 0.774. The van der Waals surface area contributed by atoms with E-state index >= 15 is 0 Å². The third-order valence-electron chi connectivity index (χ3n) is 4.49. The van der Waals surface area contributed by atoms with Gasteiger partial charge in [0.2, 0.25) is 0 Å². The molecule has 15 heavy (non-hydrogen) atoms. The van der Waals surface area contributed by atoms with Crippen molar-refractivity contribution in [2.24, 2.45) is 17.1 Å². The van der Waals surface area contributed by atoms with Crippen LogP contribution in [-0.2, 0) is 0 Å². The summed E-state index contributed by atoms with van der Waals surface area (Å²) in [6.07, 6.45) is 7.02. The number of rotatable bonds is 3. The van der Waals surface area contributed by atoms with Crippen molar-refractivity contribution in [2.75, 3.05) is 19.6 Å². The lowest BCUT2D eigenvalue weighted by Crippen LogP contribution is -2.53. The average molecular weight is 210 g/mol. The highest BCUT2D eigenvalue weighted by Gasteiger charge is 2.32. The summed E-state index contributed by atoms with van der Waals surface area (Å²) in [4.78, 5) is 2.60. The molecule has 1 atom stereocenters. The van der Waals surface area contributed by atoms with E-state index < -0.39 is 0 Å². The molecule has 2 nitrogen and oxygen atoms in total. The van der Waals surface area contributed by atoms with Gasteiger partial charge in [0.1, 0.15) is 0 Å². The number of nitrogens with two attached hydrogens (primary N) is 1. The van der Waals surface area contributed by atoms with E-state index in [0.717, 1.165) is 12.5 Å². The third kappa shape index (κ3) is 2.73. The first-order valence-corrected chi connectivity index (χ1v) is 6.55. The van der Waals surface area contributed by atoms with Gasteiger partial charge in [-0.1, -0.05) is 13.8 Å². The fourth-order valence-electron chi connectivity index (χ4n) is 2.97. The lowest BCUT2D eigenvalue weighted by atomic mass is 9.73. The molecule has 1 unspecified atom stereocenters. The van der Waals surface area contributed by atoms with E-state index in [0.29, 0.717) is 11.5 Å². The lowest BCUT2D eigenvalue weighted by molar-refractivity contribution is 0.0562. The molecule has 0 aromatic carbocycles. The first-order chi connectivity index (χ1) is 7.11. The summed E-state index contributed by atoms with van der Waals surface area (Å²) in [6.45, 7) is 8.29. The van der Waals surface area contributed by atoms with Crippen LogP contribution in [0, 0.1) is 11.3 Å². The van der Waals surface area contributed by atoms with E-state index in [9.17, 15) is 0 Å². The third-order valence-corrected chi connectivity index (χ3v) is 4.49. The van der Waals surface area contributed by atoms with Crippen molar-refractivity contribution in [3.63, 3.8) is 0 Å². The summed E-state index contributed by atoms with van der Waals surface area (Å²) < 4.78 is 0. The van der Waals surface area contributed by atoms with Crippen molar-refractivity contribution < 1.29 is 0 Å². The number of nitrogens with zero attached hydrogens (tertiary/aromatic N) is 1. The zero-order valence-corrected chi connectivity index (χ0v) is 10.3. The molecule has 0 aromatic heterocycles. The van der Waals surface area contributed by atoms with Crippen LogP contribution >= 0.6 is 0 Å². The molecule has 2 N–H and O–H groups in total. The molecule has 0 aromatic rings. The Kier molecular flexibility index (Phi) is 3.36. The van der Waals surface area contributed by atoms with Crippen LogP contribution < -0.4 is 5.73 Å². The largest absolute Gasteiger partial charge is 0.329 e. The minimum absolute atomic E-state index is 0.610. The molecule has 2 rings (SSSR count). The van der Waals surface area contributed by atoms with Gasteiger partial charge in [0.05, 0.1) is 0 Å². The maximum Gasteiger partial charge on any atom is 0.0230 e. The maximum absolute atomic E-state index is 5.73. The first-order valence-electron chi connectivity index (χ1n) is 6.55. The Morgan fingerprint density at radius 1 is 1.20 bits per heavy atom. The molecule has 1 saturated heterocycles. The zero-order valence-electron chi connectivity index (χ0n) is 10.3. The van der Waals surface area contributed by atoms with Crippen LogP contribution in [-0.4, -0.2) is 30.6 Å². The number of likely N-dealkylation sites (tertiary alicyclic amines) is 1. The van der Waals surface area contributed by atoms with Crippen molar-refractivity contribution in [1.29, 1.82) is 0 Å². The van der Waals surface area contributed by atoms with Gasteiger partial charge in [0.25, 0.3) is 0 Å². The second-order valence-corrected chi connectivity index (χ2v) is 6.28. The van der Waals surface area contributed by atoms with E-state index in [4.69, 9.17) is 5.73 Å². The van der Waals surface area contributed by atoms with Crippen LogP contribution in [0.1, 0.15) is 46.0 Å². The minimum Gasteiger partial charge on any atom is -0.329 e. The van der Waals surface area contributed by atoms with Crippen molar-refractivity contribution in [1.82, 2.24) is 4.90 Å². The monoisotopic (exact) mass is 210 g/mol. The summed E-state index contributed by atoms with van der Waals surface area (Å²) in [5, 5.41) is 0. The molecule has 1 aliphatic heterocycles. The highest BCUT2D eigenvalue weighted by Crippen LogP contribution is 2.38. The van der Waals surface area contributed by atoms with Gasteiger partial charge in [-0.2, -0.15) is 0 Å². The number of hydrogen-bond donors (Lipinski definition) is 1. The molecule has 2 heteroatoms. The van der Waals surface area contributed by atoms with E-state index in [1.165, 1.54) is 45.2 Å². The maximum atomic E-state index is 5.73. The number of hydrogen-bond acceptors (Lipinski definition) is 2. The molecule has 0 radical (unpaired) electrons. The second kappa shape index (κ2) is 4.42. The Balaban J connectivity index is 1.73. The Labute approximate surface area is 94.2 Å². The van der Waals surface area contributed by atoms with Gasteiger partial charge in [-0.3, -0.25) is 4.90 Å². The molecule has 0 bridgehead atoms. The molecule has 1 aliphatic carbocycles. The van der Waals surface area contributed by atoms with Gasteiger partial charge in [-0.15, -0.1) is 0 Å². The molecule has 1 saturated carbocycles. The van der Waals surface area contributed by atoms with Gasteiger partial charge < -0.3 is 5.73 Å². The topological polar surface area (TPSA) is 29.3 Å². The molecular weight excluding hydrogens is 184 g/mol. The molecule has 0 amide bonds. The van der Waals surface area contributed by atoms with Crippen LogP contribution in [0.25, 0.3) is 0 Å². The predicted molar refractivity (Wildman–Crippen MR) is 64.8 cm³/mol. The lowest BCUT2D eigenvalue weighted by Gasteiger charge is -2.44. The fraction of sp³-hybridized carbons (Fsp3) is 1.00. The standard InChI is InChI=1S/C13H26N2/c1-13(2)6-3-11(4-7-13)10-15-8-5-12(15)9-14/h11-12H,3-10,14H2,1-2H3. The Bertz CT molecular complexity index is 201. The SMILES string of the molecule is CC1(C)CCC(CN2CCC2CN)CC1. The van der Waals surface area contributed by atoms with E-state index in [-0.39, 0.29) is 0 Å². The molecule has 0 spiro atoms. The van der Waals surface area contributed by atoms with Crippen LogP contribution in [0.4, 0.5) is 0 Å². The smallest absolute Gasteiger partial charge is 0.0230 e. The summed E-state index contributed by atoms with van der Waals surface area (Å²) in [5.74, 6) is 0.951. The predicted octanol–water partition coefficient (Wildman–Crippen LogP) is 2.24. The zero-order chi connectivity index (χ0) is 10.9. The average Bonchev–Trinajstić information content (AvgIpc) is 2.15. The van der Waals surface area contributed by atoms with Crippen molar-refractivity contribution in [3.05, 3.63) is 0 Å². The molecular formula is C13H26N2. The minimum atomic E-state index is 0.610. The van der Waals surface area contributed by atoms with Crippen LogP contribution in [0.2, 0.25) is 0 Å². The van der Waals surface area contributed by atoms with Gasteiger partial charge in [0.15, 0.2) is 0 Å². The fourth-order valence-corrected chi connectivity index (χ4v) is 2.97.